The molecule has 0 aliphatic carbocycles. The zero-order valence-electron chi connectivity index (χ0n) is 14.0. The minimum absolute atomic E-state index is 0.0431. The summed E-state index contributed by atoms with van der Waals surface area (Å²) < 4.78 is 54.7. The van der Waals surface area contributed by atoms with Crippen molar-refractivity contribution >= 4 is 23.3 Å². The molecule has 0 radical (unpaired) electrons. The van der Waals surface area contributed by atoms with Gasteiger partial charge in [0.25, 0.3) is 0 Å². The number of hydrogen-bond acceptors (Lipinski definition) is 3. The molecule has 0 heterocycles. The monoisotopic (exact) mass is 385 g/mol. The first-order valence-electron chi connectivity index (χ1n) is 7.83. The Morgan fingerprint density at radius 2 is 1.63 bits per heavy atom. The maximum absolute atomic E-state index is 13.9. The Balaban J connectivity index is 2.61. The molecule has 27 heavy (non-hydrogen) atoms. The van der Waals surface area contributed by atoms with Gasteiger partial charge in [-0.05, 0) is 23.6 Å². The number of aliphatic carboxylic acids is 2. The quantitative estimate of drug-likeness (QED) is 0.491. The third-order valence-electron chi connectivity index (χ3n) is 3.95. The highest BCUT2D eigenvalue weighted by Gasteiger charge is 2.27. The van der Waals surface area contributed by atoms with Gasteiger partial charge in [0.05, 0.1) is 12.3 Å². The topological polar surface area (TPSA) is 86.6 Å². The van der Waals surface area contributed by atoms with Gasteiger partial charge < -0.3 is 15.5 Å². The van der Waals surface area contributed by atoms with Crippen LogP contribution in [0.5, 0.6) is 0 Å². The summed E-state index contributed by atoms with van der Waals surface area (Å²) >= 11 is 0. The van der Waals surface area contributed by atoms with Crippen molar-refractivity contribution in [3.05, 3.63) is 58.7 Å². The van der Waals surface area contributed by atoms with Crippen LogP contribution < -0.4 is 5.32 Å². The van der Waals surface area contributed by atoms with E-state index in [4.69, 9.17) is 5.11 Å². The largest absolute Gasteiger partial charge is 0.481 e. The van der Waals surface area contributed by atoms with Gasteiger partial charge in [0.2, 0.25) is 0 Å². The van der Waals surface area contributed by atoms with Crippen molar-refractivity contribution < 1.29 is 37.4 Å². The lowest BCUT2D eigenvalue weighted by Gasteiger charge is -2.19. The molecule has 3 N–H and O–H groups in total. The molecular formula is C18H15F4NO4. The molecule has 0 amide bonds. The van der Waals surface area contributed by atoms with Crippen LogP contribution in [0.2, 0.25) is 0 Å². The third-order valence-corrected chi connectivity index (χ3v) is 3.95. The van der Waals surface area contributed by atoms with E-state index in [1.54, 1.807) is 6.92 Å². The van der Waals surface area contributed by atoms with Gasteiger partial charge in [-0.2, -0.15) is 0 Å². The van der Waals surface area contributed by atoms with Crippen molar-refractivity contribution in [2.24, 2.45) is 0 Å². The Hall–Kier alpha value is -3.10. The lowest BCUT2D eigenvalue weighted by Crippen LogP contribution is -2.18. The molecule has 0 fully saturated rings. The number of carboxylic acid groups (broad SMARTS) is 2. The van der Waals surface area contributed by atoms with Gasteiger partial charge in [-0.15, -0.1) is 0 Å². The average molecular weight is 385 g/mol. The van der Waals surface area contributed by atoms with Crippen molar-refractivity contribution in [2.45, 2.75) is 25.7 Å². The van der Waals surface area contributed by atoms with Crippen LogP contribution in [0.1, 0.15) is 30.4 Å². The van der Waals surface area contributed by atoms with Crippen LogP contribution in [0.15, 0.2) is 24.3 Å². The number of anilines is 2. The second-order valence-electron chi connectivity index (χ2n) is 5.73. The summed E-state index contributed by atoms with van der Waals surface area (Å²) in [6, 6.07) is 4.20. The fourth-order valence-electron chi connectivity index (χ4n) is 2.56. The first-order valence-corrected chi connectivity index (χ1v) is 7.83. The number of carboxylic acids is 2. The van der Waals surface area contributed by atoms with Crippen LogP contribution in [-0.2, 0) is 16.0 Å². The number of rotatable bonds is 7. The Morgan fingerprint density at radius 3 is 2.11 bits per heavy atom. The Labute approximate surface area is 151 Å². The van der Waals surface area contributed by atoms with Crippen LogP contribution in [0.3, 0.4) is 0 Å². The summed E-state index contributed by atoms with van der Waals surface area (Å²) in [7, 11) is 0. The molecule has 0 spiro atoms. The van der Waals surface area contributed by atoms with Gasteiger partial charge in [0.1, 0.15) is 5.69 Å². The highest BCUT2D eigenvalue weighted by molar-refractivity contribution is 5.85. The minimum atomic E-state index is -1.69. The highest BCUT2D eigenvalue weighted by atomic mass is 19.2. The predicted molar refractivity (Wildman–Crippen MR) is 88.0 cm³/mol. The molecule has 144 valence electrons. The summed E-state index contributed by atoms with van der Waals surface area (Å²) in [6.07, 6.45) is -0.316. The smallest absolute Gasteiger partial charge is 0.311 e. The lowest BCUT2D eigenvalue weighted by molar-refractivity contribution is -0.145. The number of aryl methyl sites for hydroxylation is 1. The van der Waals surface area contributed by atoms with Gasteiger partial charge in [0.15, 0.2) is 23.3 Å². The number of hydrogen-bond donors (Lipinski definition) is 3. The molecule has 0 saturated carbocycles. The number of nitrogens with one attached hydrogen (secondary N) is 1. The molecule has 0 aliphatic heterocycles. The third kappa shape index (κ3) is 4.36. The average Bonchev–Trinajstić information content (AvgIpc) is 2.61. The Bertz CT molecular complexity index is 875. The second-order valence-corrected chi connectivity index (χ2v) is 5.73. The van der Waals surface area contributed by atoms with Gasteiger partial charge in [-0.25, -0.2) is 17.6 Å². The molecule has 1 unspecified atom stereocenters. The SMILES string of the molecule is CCc1ccc(Nc2c(F)c(F)cc(F)c2F)c(C(CC(=O)O)C(=O)O)c1. The van der Waals surface area contributed by atoms with E-state index in [1.807, 2.05) is 0 Å². The van der Waals surface area contributed by atoms with E-state index in [1.165, 1.54) is 18.2 Å². The van der Waals surface area contributed by atoms with E-state index < -0.39 is 53.2 Å². The normalized spacial score (nSPS) is 11.9. The van der Waals surface area contributed by atoms with E-state index >= 15 is 0 Å². The van der Waals surface area contributed by atoms with Crippen molar-refractivity contribution in [1.82, 2.24) is 0 Å². The zero-order chi connectivity index (χ0) is 20.3. The van der Waals surface area contributed by atoms with Crippen LogP contribution in [-0.4, -0.2) is 22.2 Å². The van der Waals surface area contributed by atoms with Gasteiger partial charge >= 0.3 is 11.9 Å². The Kier molecular flexibility index (Phi) is 6.04. The molecule has 0 aliphatic rings. The van der Waals surface area contributed by atoms with E-state index in [-0.39, 0.29) is 17.3 Å². The van der Waals surface area contributed by atoms with Gasteiger partial charge in [0, 0.05) is 11.8 Å². The van der Waals surface area contributed by atoms with Crippen LogP contribution in [0.4, 0.5) is 28.9 Å². The van der Waals surface area contributed by atoms with Crippen molar-refractivity contribution in [1.29, 1.82) is 0 Å². The Morgan fingerprint density at radius 1 is 1.04 bits per heavy atom. The lowest BCUT2D eigenvalue weighted by atomic mass is 9.92. The number of benzene rings is 2. The maximum atomic E-state index is 13.9. The molecule has 1 atom stereocenters. The summed E-state index contributed by atoms with van der Waals surface area (Å²) in [5, 5.41) is 20.5. The number of halogens is 4. The van der Waals surface area contributed by atoms with E-state index in [0.717, 1.165) is 0 Å². The standard InChI is InChI=1S/C18H15F4NO4/c1-2-8-3-4-13(9(5-8)10(18(26)27)6-14(24)25)23-17-15(21)11(19)7-12(20)16(17)22/h3-5,7,10,23H,2,6H2,1H3,(H,24,25)(H,26,27). The van der Waals surface area contributed by atoms with Gasteiger partial charge in [-0.1, -0.05) is 19.1 Å². The van der Waals surface area contributed by atoms with Crippen molar-refractivity contribution in [2.75, 3.05) is 5.32 Å². The van der Waals surface area contributed by atoms with Gasteiger partial charge in [-0.3, -0.25) is 9.59 Å². The van der Waals surface area contributed by atoms with E-state index in [2.05, 4.69) is 5.32 Å². The summed E-state index contributed by atoms with van der Waals surface area (Å²) in [4.78, 5) is 22.5. The maximum Gasteiger partial charge on any atom is 0.311 e. The molecule has 0 saturated heterocycles. The molecule has 9 heteroatoms. The van der Waals surface area contributed by atoms with Crippen LogP contribution in [0, 0.1) is 23.3 Å². The fourth-order valence-corrected chi connectivity index (χ4v) is 2.56. The summed E-state index contributed by atoms with van der Waals surface area (Å²) in [6.45, 7) is 1.76. The minimum Gasteiger partial charge on any atom is -0.481 e. The molecular weight excluding hydrogens is 370 g/mol. The van der Waals surface area contributed by atoms with Crippen LogP contribution in [0.25, 0.3) is 0 Å². The second kappa shape index (κ2) is 8.07. The summed E-state index contributed by atoms with van der Waals surface area (Å²) in [5.41, 5.74) is -0.757. The zero-order valence-corrected chi connectivity index (χ0v) is 14.0. The molecule has 0 bridgehead atoms. The van der Waals surface area contributed by atoms with E-state index in [9.17, 15) is 32.3 Å². The predicted octanol–water partition coefficient (Wildman–Crippen LogP) is 4.19. The van der Waals surface area contributed by atoms with Crippen molar-refractivity contribution in [3.8, 4) is 0 Å². The number of carbonyl (C=O) groups is 2. The fraction of sp³-hybridized carbons (Fsp3) is 0.222. The first kappa shape index (κ1) is 20.2. The van der Waals surface area contributed by atoms with Crippen LogP contribution >= 0.6 is 0 Å². The molecule has 0 aromatic heterocycles. The van der Waals surface area contributed by atoms with Crippen molar-refractivity contribution in [3.63, 3.8) is 0 Å². The molecule has 5 nitrogen and oxygen atoms in total. The first-order chi connectivity index (χ1) is 12.6. The van der Waals surface area contributed by atoms with E-state index in [0.29, 0.717) is 12.0 Å². The molecule has 2 aromatic rings. The summed E-state index contributed by atoms with van der Waals surface area (Å²) in [5.74, 6) is -11.1. The molecule has 2 aromatic carbocycles. The highest BCUT2D eigenvalue weighted by Crippen LogP contribution is 2.34. The molecule has 2 rings (SSSR count).